The monoisotopic (exact) mass is 242 g/mol. The van der Waals surface area contributed by atoms with Crippen molar-refractivity contribution in [3.05, 3.63) is 0 Å². The van der Waals surface area contributed by atoms with Crippen LogP contribution in [0.4, 0.5) is 4.79 Å². The third-order valence-electron chi connectivity index (χ3n) is 2.93. The van der Waals surface area contributed by atoms with Gasteiger partial charge in [-0.1, -0.05) is 0 Å². The number of rotatable bonds is 2. The Morgan fingerprint density at radius 3 is 2.59 bits per heavy atom. The van der Waals surface area contributed by atoms with Gasteiger partial charge in [-0.2, -0.15) is 0 Å². The van der Waals surface area contributed by atoms with Crippen LogP contribution < -0.4 is 5.32 Å². The summed E-state index contributed by atoms with van der Waals surface area (Å²) in [4.78, 5) is 13.4. The average molecular weight is 242 g/mol. The number of hydrogen-bond acceptors (Lipinski definition) is 4. The van der Waals surface area contributed by atoms with Crippen LogP contribution in [0, 0.1) is 0 Å². The van der Waals surface area contributed by atoms with E-state index in [2.05, 4.69) is 5.32 Å². The molecule has 0 spiro atoms. The zero-order valence-corrected chi connectivity index (χ0v) is 10.9. The van der Waals surface area contributed by atoms with E-state index in [-0.39, 0.29) is 6.09 Å². The average Bonchev–Trinajstić information content (AvgIpc) is 2.59. The summed E-state index contributed by atoms with van der Waals surface area (Å²) in [5, 5.41) is 3.49. The van der Waals surface area contributed by atoms with Gasteiger partial charge in [-0.15, -0.1) is 0 Å². The minimum Gasteiger partial charge on any atom is -0.444 e. The van der Waals surface area contributed by atoms with Crippen LogP contribution in [-0.2, 0) is 9.47 Å². The van der Waals surface area contributed by atoms with Gasteiger partial charge in [0.25, 0.3) is 0 Å². The molecular weight excluding hydrogens is 220 g/mol. The molecule has 0 aliphatic carbocycles. The Labute approximate surface area is 102 Å². The molecule has 2 saturated heterocycles. The third kappa shape index (κ3) is 3.57. The SMILES string of the molecule is CC(C)(C)OC(=O)N1CC(NC2CCOC2)C1. The Hall–Kier alpha value is -0.810. The first-order chi connectivity index (χ1) is 7.94. The van der Waals surface area contributed by atoms with Crippen molar-refractivity contribution < 1.29 is 14.3 Å². The molecule has 2 fully saturated rings. The molecule has 0 aromatic carbocycles. The van der Waals surface area contributed by atoms with Crippen molar-refractivity contribution in [2.24, 2.45) is 0 Å². The molecule has 0 bridgehead atoms. The number of amides is 1. The van der Waals surface area contributed by atoms with E-state index in [9.17, 15) is 4.79 Å². The van der Waals surface area contributed by atoms with E-state index in [1.807, 2.05) is 20.8 Å². The van der Waals surface area contributed by atoms with Crippen LogP contribution in [0.5, 0.6) is 0 Å². The topological polar surface area (TPSA) is 50.8 Å². The van der Waals surface area contributed by atoms with E-state index in [1.165, 1.54) is 0 Å². The van der Waals surface area contributed by atoms with Gasteiger partial charge in [-0.25, -0.2) is 4.79 Å². The van der Waals surface area contributed by atoms with Crippen LogP contribution >= 0.6 is 0 Å². The maximum absolute atomic E-state index is 11.7. The molecule has 1 N–H and O–H groups in total. The van der Waals surface area contributed by atoms with Crippen LogP contribution in [0.2, 0.25) is 0 Å². The summed E-state index contributed by atoms with van der Waals surface area (Å²) in [5.41, 5.74) is -0.408. The van der Waals surface area contributed by atoms with Gasteiger partial charge < -0.3 is 19.7 Å². The van der Waals surface area contributed by atoms with E-state index in [0.717, 1.165) is 32.7 Å². The van der Waals surface area contributed by atoms with Gasteiger partial charge in [0.1, 0.15) is 5.60 Å². The Kier molecular flexibility index (Phi) is 3.58. The fourth-order valence-electron chi connectivity index (χ4n) is 2.06. The summed E-state index contributed by atoms with van der Waals surface area (Å²) in [6.45, 7) is 8.78. The zero-order valence-electron chi connectivity index (χ0n) is 10.9. The van der Waals surface area contributed by atoms with Crippen molar-refractivity contribution in [2.75, 3.05) is 26.3 Å². The van der Waals surface area contributed by atoms with Crippen molar-refractivity contribution in [2.45, 2.75) is 44.9 Å². The maximum Gasteiger partial charge on any atom is 0.410 e. The molecule has 2 aliphatic heterocycles. The van der Waals surface area contributed by atoms with Crippen molar-refractivity contribution in [3.8, 4) is 0 Å². The smallest absolute Gasteiger partial charge is 0.410 e. The molecule has 0 radical (unpaired) electrons. The van der Waals surface area contributed by atoms with Gasteiger partial charge in [0.05, 0.1) is 6.61 Å². The Morgan fingerprint density at radius 1 is 1.35 bits per heavy atom. The summed E-state index contributed by atoms with van der Waals surface area (Å²) in [6, 6.07) is 0.856. The number of carbonyl (C=O) groups is 1. The predicted molar refractivity (Wildman–Crippen MR) is 64.0 cm³/mol. The molecular formula is C12H22N2O3. The second-order valence-corrected chi connectivity index (χ2v) is 5.81. The molecule has 98 valence electrons. The second-order valence-electron chi connectivity index (χ2n) is 5.81. The van der Waals surface area contributed by atoms with Gasteiger partial charge in [0.15, 0.2) is 0 Å². The highest BCUT2D eigenvalue weighted by atomic mass is 16.6. The van der Waals surface area contributed by atoms with E-state index in [0.29, 0.717) is 12.1 Å². The molecule has 0 aromatic heterocycles. The Balaban J connectivity index is 1.66. The number of hydrogen-bond donors (Lipinski definition) is 1. The highest BCUT2D eigenvalue weighted by molar-refractivity contribution is 5.69. The lowest BCUT2D eigenvalue weighted by Crippen LogP contribution is -2.62. The molecule has 0 saturated carbocycles. The molecule has 1 atom stereocenters. The standard InChI is InChI=1S/C12H22N2O3/c1-12(2,3)17-11(15)14-6-10(7-14)13-9-4-5-16-8-9/h9-10,13H,4-8H2,1-3H3. The van der Waals surface area contributed by atoms with Crippen LogP contribution in [0.15, 0.2) is 0 Å². The first kappa shape index (κ1) is 12.6. The number of nitrogens with one attached hydrogen (secondary N) is 1. The van der Waals surface area contributed by atoms with Crippen LogP contribution in [0.3, 0.4) is 0 Å². The Bertz CT molecular complexity index is 276. The molecule has 2 heterocycles. The van der Waals surface area contributed by atoms with E-state index < -0.39 is 5.60 Å². The fourth-order valence-corrected chi connectivity index (χ4v) is 2.06. The summed E-state index contributed by atoms with van der Waals surface area (Å²) in [5.74, 6) is 0. The lowest BCUT2D eigenvalue weighted by Gasteiger charge is -2.41. The first-order valence-corrected chi connectivity index (χ1v) is 6.26. The molecule has 0 aromatic rings. The first-order valence-electron chi connectivity index (χ1n) is 6.26. The maximum atomic E-state index is 11.7. The molecule has 2 rings (SSSR count). The second kappa shape index (κ2) is 4.82. The summed E-state index contributed by atoms with van der Waals surface area (Å²) in [6.07, 6.45) is 0.862. The van der Waals surface area contributed by atoms with Gasteiger partial charge in [-0.05, 0) is 27.2 Å². The lowest BCUT2D eigenvalue weighted by molar-refractivity contribution is 0.00405. The van der Waals surface area contributed by atoms with Crippen molar-refractivity contribution in [1.82, 2.24) is 10.2 Å². The van der Waals surface area contributed by atoms with E-state index >= 15 is 0 Å². The van der Waals surface area contributed by atoms with Crippen molar-refractivity contribution >= 4 is 6.09 Å². The molecule has 5 heteroatoms. The zero-order chi connectivity index (χ0) is 12.5. The molecule has 17 heavy (non-hydrogen) atoms. The van der Waals surface area contributed by atoms with Gasteiger partial charge in [-0.3, -0.25) is 0 Å². The quantitative estimate of drug-likeness (QED) is 0.784. The summed E-state index contributed by atoms with van der Waals surface area (Å²) < 4.78 is 10.6. The molecule has 2 aliphatic rings. The van der Waals surface area contributed by atoms with Crippen LogP contribution in [0.1, 0.15) is 27.2 Å². The van der Waals surface area contributed by atoms with Crippen LogP contribution in [0.25, 0.3) is 0 Å². The van der Waals surface area contributed by atoms with Gasteiger partial charge in [0, 0.05) is 31.8 Å². The van der Waals surface area contributed by atoms with Gasteiger partial charge in [0.2, 0.25) is 0 Å². The summed E-state index contributed by atoms with van der Waals surface area (Å²) in [7, 11) is 0. The van der Waals surface area contributed by atoms with E-state index in [1.54, 1.807) is 4.90 Å². The highest BCUT2D eigenvalue weighted by Crippen LogP contribution is 2.16. The van der Waals surface area contributed by atoms with Crippen molar-refractivity contribution in [1.29, 1.82) is 0 Å². The summed E-state index contributed by atoms with van der Waals surface area (Å²) >= 11 is 0. The number of carbonyl (C=O) groups excluding carboxylic acids is 1. The largest absolute Gasteiger partial charge is 0.444 e. The van der Waals surface area contributed by atoms with Crippen molar-refractivity contribution in [3.63, 3.8) is 0 Å². The fraction of sp³-hybridized carbons (Fsp3) is 0.917. The molecule has 5 nitrogen and oxygen atoms in total. The minimum absolute atomic E-state index is 0.210. The highest BCUT2D eigenvalue weighted by Gasteiger charge is 2.35. The van der Waals surface area contributed by atoms with Gasteiger partial charge >= 0.3 is 6.09 Å². The predicted octanol–water partition coefficient (Wildman–Crippen LogP) is 0.984. The van der Waals surface area contributed by atoms with Crippen LogP contribution in [-0.4, -0.2) is 55.0 Å². The van der Waals surface area contributed by atoms with E-state index in [4.69, 9.17) is 9.47 Å². The number of nitrogens with zero attached hydrogens (tertiary/aromatic N) is 1. The minimum atomic E-state index is -0.408. The normalized spacial score (nSPS) is 25.8. The lowest BCUT2D eigenvalue weighted by atomic mass is 10.1. The molecule has 1 unspecified atom stereocenters. The third-order valence-corrected chi connectivity index (χ3v) is 2.93. The number of likely N-dealkylation sites (tertiary alicyclic amines) is 1. The molecule has 1 amide bonds. The Morgan fingerprint density at radius 2 is 2.06 bits per heavy atom. The number of ether oxygens (including phenoxy) is 2.